The molecular weight excluding hydrogens is 378 g/mol. The van der Waals surface area contributed by atoms with Crippen LogP contribution < -0.4 is 0 Å². The second kappa shape index (κ2) is 6.10. The van der Waals surface area contributed by atoms with E-state index in [4.69, 9.17) is 0 Å². The van der Waals surface area contributed by atoms with Gasteiger partial charge in [0.05, 0.1) is 6.10 Å². The van der Waals surface area contributed by atoms with Crippen LogP contribution in [0.15, 0.2) is 60.0 Å². The first-order chi connectivity index (χ1) is 15.0. The molecular formula is C29H33NO. The van der Waals surface area contributed by atoms with Crippen molar-refractivity contribution >= 4 is 10.8 Å². The second-order valence-corrected chi connectivity index (χ2v) is 11.7. The molecule has 6 atom stereocenters. The summed E-state index contributed by atoms with van der Waals surface area (Å²) in [5.41, 5.74) is 5.88. The van der Waals surface area contributed by atoms with E-state index in [9.17, 15) is 5.11 Å². The number of rotatable bonds is 1. The van der Waals surface area contributed by atoms with Gasteiger partial charge in [-0.15, -0.1) is 0 Å². The smallest absolute Gasteiger partial charge is 0.0551 e. The minimum Gasteiger partial charge on any atom is -0.393 e. The summed E-state index contributed by atoms with van der Waals surface area (Å²) in [4.78, 5) is 4.37. The van der Waals surface area contributed by atoms with Crippen molar-refractivity contribution in [2.75, 3.05) is 0 Å². The number of benzene rings is 1. The van der Waals surface area contributed by atoms with Crippen molar-refractivity contribution in [2.24, 2.45) is 22.2 Å². The summed E-state index contributed by atoms with van der Waals surface area (Å²) in [6.07, 6.45) is 20.0. The molecule has 0 unspecified atom stereocenters. The lowest BCUT2D eigenvalue weighted by Crippen LogP contribution is -2.46. The third-order valence-corrected chi connectivity index (χ3v) is 10.5. The second-order valence-electron chi connectivity index (χ2n) is 11.7. The van der Waals surface area contributed by atoms with Gasteiger partial charge in [-0.3, -0.25) is 4.98 Å². The zero-order chi connectivity index (χ0) is 20.8. The number of nitrogens with zero attached hydrogens (tertiary/aromatic N) is 1. The van der Waals surface area contributed by atoms with Crippen molar-refractivity contribution in [3.8, 4) is 0 Å². The normalized spacial score (nSPS) is 43.1. The summed E-state index contributed by atoms with van der Waals surface area (Å²) < 4.78 is 0. The summed E-state index contributed by atoms with van der Waals surface area (Å²) in [7, 11) is 0. The molecule has 0 saturated heterocycles. The van der Waals surface area contributed by atoms with Crippen molar-refractivity contribution in [1.82, 2.24) is 4.98 Å². The molecule has 7 rings (SSSR count). The van der Waals surface area contributed by atoms with Crippen LogP contribution in [0, 0.1) is 22.2 Å². The monoisotopic (exact) mass is 411 g/mol. The van der Waals surface area contributed by atoms with Gasteiger partial charge in [-0.2, -0.15) is 0 Å². The maximum absolute atomic E-state index is 10.5. The maximum atomic E-state index is 10.5. The van der Waals surface area contributed by atoms with Crippen LogP contribution in [0.25, 0.3) is 10.8 Å². The van der Waals surface area contributed by atoms with E-state index in [-0.39, 0.29) is 6.10 Å². The van der Waals surface area contributed by atoms with Crippen molar-refractivity contribution in [2.45, 2.75) is 76.7 Å². The molecule has 3 saturated carbocycles. The number of pyridine rings is 1. The quantitative estimate of drug-likeness (QED) is 0.566. The van der Waals surface area contributed by atoms with Gasteiger partial charge >= 0.3 is 0 Å². The Hall–Kier alpha value is -1.93. The van der Waals surface area contributed by atoms with Crippen molar-refractivity contribution in [3.05, 3.63) is 65.5 Å². The predicted octanol–water partition coefficient (Wildman–Crippen LogP) is 6.71. The summed E-state index contributed by atoms with van der Waals surface area (Å²) in [6, 6.07) is 9.23. The van der Waals surface area contributed by atoms with Crippen LogP contribution >= 0.6 is 0 Å². The minimum absolute atomic E-state index is 0.0876. The van der Waals surface area contributed by atoms with Gasteiger partial charge in [0.25, 0.3) is 0 Å². The summed E-state index contributed by atoms with van der Waals surface area (Å²) in [5.74, 6) is 1.40. The van der Waals surface area contributed by atoms with E-state index in [1.165, 1.54) is 54.9 Å². The lowest BCUT2D eigenvalue weighted by atomic mass is 9.50. The van der Waals surface area contributed by atoms with E-state index < -0.39 is 0 Å². The molecule has 2 aromatic rings. The molecule has 5 aliphatic rings. The molecule has 2 spiro atoms. The highest BCUT2D eigenvalue weighted by atomic mass is 16.3. The maximum Gasteiger partial charge on any atom is 0.0551 e. The molecule has 0 amide bonds. The first kappa shape index (κ1) is 18.6. The van der Waals surface area contributed by atoms with Crippen LogP contribution in [0.1, 0.15) is 76.2 Å². The molecule has 0 radical (unpaired) electrons. The van der Waals surface area contributed by atoms with Crippen molar-refractivity contribution < 1.29 is 5.11 Å². The van der Waals surface area contributed by atoms with Gasteiger partial charge in [0.1, 0.15) is 0 Å². The van der Waals surface area contributed by atoms with E-state index in [2.05, 4.69) is 48.3 Å². The molecule has 2 heteroatoms. The fourth-order valence-electron chi connectivity index (χ4n) is 9.15. The zero-order valence-corrected chi connectivity index (χ0v) is 18.6. The van der Waals surface area contributed by atoms with Gasteiger partial charge in [-0.05, 0) is 115 Å². The van der Waals surface area contributed by atoms with Crippen LogP contribution in [-0.4, -0.2) is 16.2 Å². The molecule has 2 nitrogen and oxygen atoms in total. The standard InChI is InChI=1S/C29H33NO/c1-27-10-8-23-15-22-4-5-24(31)16-28(22)11-12-29(23,18-28)26(27)7-6-25(27)20-3-2-19-9-13-30-17-21(19)14-20/h2-3,8-9,13-15,17,24-26,31H,4-7,10-12,16,18H2,1H3/t24-,25-,26-,27-,28+,29-/m1/s1. The number of hydrogen-bond acceptors (Lipinski definition) is 2. The van der Waals surface area contributed by atoms with Crippen LogP contribution in [0.4, 0.5) is 0 Å². The number of allylic oxidation sites excluding steroid dienone is 4. The van der Waals surface area contributed by atoms with E-state index in [0.717, 1.165) is 25.2 Å². The van der Waals surface area contributed by atoms with Crippen LogP contribution in [0.5, 0.6) is 0 Å². The van der Waals surface area contributed by atoms with Gasteiger partial charge in [0.2, 0.25) is 0 Å². The van der Waals surface area contributed by atoms with Gasteiger partial charge < -0.3 is 5.11 Å². The molecule has 0 aliphatic heterocycles. The number of aliphatic hydroxyl groups is 1. The van der Waals surface area contributed by atoms with Gasteiger partial charge in [0.15, 0.2) is 0 Å². The van der Waals surface area contributed by atoms with Gasteiger partial charge in [0, 0.05) is 17.8 Å². The number of fused-ring (bicyclic) bond motifs is 2. The Morgan fingerprint density at radius 3 is 2.94 bits per heavy atom. The van der Waals surface area contributed by atoms with Crippen molar-refractivity contribution in [1.29, 1.82) is 0 Å². The number of aliphatic hydroxyl groups excluding tert-OH is 1. The summed E-state index contributed by atoms with van der Waals surface area (Å²) in [6.45, 7) is 2.60. The highest BCUT2D eigenvalue weighted by molar-refractivity contribution is 5.82. The molecule has 160 valence electrons. The Kier molecular flexibility index (Phi) is 3.66. The Morgan fingerprint density at radius 2 is 2.00 bits per heavy atom. The van der Waals surface area contributed by atoms with E-state index >= 15 is 0 Å². The number of aromatic nitrogens is 1. The van der Waals surface area contributed by atoms with Gasteiger partial charge in [-0.25, -0.2) is 0 Å². The molecule has 1 aromatic heterocycles. The molecule has 3 fully saturated rings. The minimum atomic E-state index is -0.0876. The van der Waals surface area contributed by atoms with E-state index in [1.807, 2.05) is 12.4 Å². The summed E-state index contributed by atoms with van der Waals surface area (Å²) in [5, 5.41) is 13.1. The first-order valence-corrected chi connectivity index (χ1v) is 12.5. The molecule has 1 aromatic carbocycles. The fraction of sp³-hybridized carbons (Fsp3) is 0.552. The fourth-order valence-corrected chi connectivity index (χ4v) is 9.15. The average Bonchev–Trinajstić information content (AvgIpc) is 3.28. The van der Waals surface area contributed by atoms with Crippen LogP contribution in [0.2, 0.25) is 0 Å². The SMILES string of the molecule is C[C@]12CC=C3C=C4CC[C@@H](O)C[C@]45CC[C@]3(C5)[C@@H]1CC[C@@H]2c1ccc2ccncc2c1. The third-order valence-electron chi connectivity index (χ3n) is 10.5. The number of hydrogen-bond donors (Lipinski definition) is 1. The average molecular weight is 412 g/mol. The van der Waals surface area contributed by atoms with E-state index in [1.54, 1.807) is 11.1 Å². The highest BCUT2D eigenvalue weighted by Gasteiger charge is 2.65. The van der Waals surface area contributed by atoms with Crippen molar-refractivity contribution in [3.63, 3.8) is 0 Å². The Bertz CT molecular complexity index is 1150. The van der Waals surface area contributed by atoms with Crippen LogP contribution in [0.3, 0.4) is 0 Å². The topological polar surface area (TPSA) is 33.1 Å². The molecule has 2 bridgehead atoms. The molecule has 1 heterocycles. The molecule has 31 heavy (non-hydrogen) atoms. The Labute approximate surface area is 185 Å². The molecule has 5 aliphatic carbocycles. The Morgan fingerprint density at radius 1 is 1.06 bits per heavy atom. The lowest BCUT2D eigenvalue weighted by Gasteiger charge is -2.54. The largest absolute Gasteiger partial charge is 0.393 e. The van der Waals surface area contributed by atoms with E-state index in [0.29, 0.717) is 22.2 Å². The lowest BCUT2D eigenvalue weighted by molar-refractivity contribution is 0.0375. The zero-order valence-electron chi connectivity index (χ0n) is 18.6. The third kappa shape index (κ3) is 2.35. The van der Waals surface area contributed by atoms with Crippen LogP contribution in [-0.2, 0) is 0 Å². The first-order valence-electron chi connectivity index (χ1n) is 12.5. The molecule has 1 N–H and O–H groups in total. The predicted molar refractivity (Wildman–Crippen MR) is 125 cm³/mol. The van der Waals surface area contributed by atoms with Gasteiger partial charge in [-0.1, -0.05) is 36.8 Å². The Balaban J connectivity index is 1.31. The highest BCUT2D eigenvalue weighted by Crippen LogP contribution is 2.75. The summed E-state index contributed by atoms with van der Waals surface area (Å²) >= 11 is 0.